The molecule has 0 saturated carbocycles. The van der Waals surface area contributed by atoms with Crippen molar-refractivity contribution in [3.63, 3.8) is 0 Å². The molecule has 1 aromatic heterocycles. The largest absolute Gasteiger partial charge is 0.397 e. The summed E-state index contributed by atoms with van der Waals surface area (Å²) in [4.78, 5) is 3.83. The van der Waals surface area contributed by atoms with Crippen LogP contribution in [0.4, 0.5) is 11.4 Å². The fourth-order valence-electron chi connectivity index (χ4n) is 2.27. The lowest BCUT2D eigenvalue weighted by atomic mass is 10.1. The van der Waals surface area contributed by atoms with Crippen LogP contribution in [0.25, 0.3) is 0 Å². The first-order valence-corrected chi connectivity index (χ1v) is 6.85. The highest BCUT2D eigenvalue weighted by Crippen LogP contribution is 2.32. The molecule has 1 aromatic carbocycles. The van der Waals surface area contributed by atoms with E-state index in [-0.39, 0.29) is 0 Å². The SMILES string of the molecule is Nc1cc(Cl)ccc1N1CCc2sccc2C1. The molecule has 3 rings (SSSR count). The Hall–Kier alpha value is -1.19. The van der Waals surface area contributed by atoms with E-state index in [4.69, 9.17) is 17.3 Å². The van der Waals surface area contributed by atoms with E-state index >= 15 is 0 Å². The first kappa shape index (κ1) is 10.9. The molecule has 0 fully saturated rings. The van der Waals surface area contributed by atoms with E-state index in [1.165, 1.54) is 10.4 Å². The van der Waals surface area contributed by atoms with Crippen molar-refractivity contribution in [1.29, 1.82) is 0 Å². The van der Waals surface area contributed by atoms with Gasteiger partial charge in [0.15, 0.2) is 0 Å². The molecule has 17 heavy (non-hydrogen) atoms. The van der Waals surface area contributed by atoms with Crippen molar-refractivity contribution in [2.75, 3.05) is 17.2 Å². The van der Waals surface area contributed by atoms with Gasteiger partial charge >= 0.3 is 0 Å². The minimum Gasteiger partial charge on any atom is -0.397 e. The minimum atomic E-state index is 0.694. The molecule has 0 atom stereocenters. The molecular formula is C13H13ClN2S. The van der Waals surface area contributed by atoms with Gasteiger partial charge in [-0.05, 0) is 41.6 Å². The summed E-state index contributed by atoms with van der Waals surface area (Å²) >= 11 is 7.77. The van der Waals surface area contributed by atoms with Gasteiger partial charge in [-0.3, -0.25) is 0 Å². The molecule has 0 spiro atoms. The van der Waals surface area contributed by atoms with E-state index < -0.39 is 0 Å². The van der Waals surface area contributed by atoms with Gasteiger partial charge in [-0.1, -0.05) is 11.6 Å². The normalized spacial score (nSPS) is 14.8. The maximum Gasteiger partial charge on any atom is 0.0604 e. The zero-order valence-corrected chi connectivity index (χ0v) is 10.9. The number of nitrogens with two attached hydrogens (primary N) is 1. The standard InChI is InChI=1S/C13H13ClN2S/c14-10-1-2-12(11(15)7-10)16-5-3-13-9(8-16)4-6-17-13/h1-2,4,6-7H,3,5,8,15H2. The predicted octanol–water partition coefficient (Wildman–Crippen LogP) is 3.55. The van der Waals surface area contributed by atoms with Crippen molar-refractivity contribution in [3.8, 4) is 0 Å². The number of rotatable bonds is 1. The Bertz CT molecular complexity index is 550. The van der Waals surface area contributed by atoms with Crippen LogP contribution in [0.2, 0.25) is 5.02 Å². The van der Waals surface area contributed by atoms with Crippen LogP contribution in [0.1, 0.15) is 10.4 Å². The number of anilines is 2. The average molecular weight is 265 g/mol. The van der Waals surface area contributed by atoms with E-state index in [0.29, 0.717) is 5.02 Å². The van der Waals surface area contributed by atoms with Crippen molar-refractivity contribution < 1.29 is 0 Å². The van der Waals surface area contributed by atoms with E-state index in [2.05, 4.69) is 16.3 Å². The maximum atomic E-state index is 6.02. The summed E-state index contributed by atoms with van der Waals surface area (Å²) in [6, 6.07) is 7.93. The number of benzene rings is 1. The quantitative estimate of drug-likeness (QED) is 0.799. The maximum absolute atomic E-state index is 6.02. The molecule has 1 aliphatic heterocycles. The molecule has 2 heterocycles. The fourth-order valence-corrected chi connectivity index (χ4v) is 3.34. The molecule has 0 radical (unpaired) electrons. The first-order valence-electron chi connectivity index (χ1n) is 5.59. The molecule has 0 saturated heterocycles. The number of fused-ring (bicyclic) bond motifs is 1. The highest BCUT2D eigenvalue weighted by atomic mass is 35.5. The van der Waals surface area contributed by atoms with Gasteiger partial charge in [0.1, 0.15) is 0 Å². The summed E-state index contributed by atoms with van der Waals surface area (Å²) in [6.45, 7) is 1.98. The van der Waals surface area contributed by atoms with Crippen molar-refractivity contribution in [3.05, 3.63) is 45.1 Å². The third kappa shape index (κ3) is 2.01. The summed E-state index contributed by atoms with van der Waals surface area (Å²) in [6.07, 6.45) is 1.11. The number of halogens is 1. The van der Waals surface area contributed by atoms with Crippen LogP contribution < -0.4 is 10.6 Å². The monoisotopic (exact) mass is 264 g/mol. The van der Waals surface area contributed by atoms with Gasteiger partial charge in [0.25, 0.3) is 0 Å². The van der Waals surface area contributed by atoms with Gasteiger partial charge in [0.2, 0.25) is 0 Å². The molecule has 0 bridgehead atoms. The zero-order valence-electron chi connectivity index (χ0n) is 9.32. The summed E-state index contributed by atoms with van der Waals surface area (Å²) in [5, 5.41) is 2.86. The lowest BCUT2D eigenvalue weighted by molar-refractivity contribution is 0.745. The van der Waals surface area contributed by atoms with Crippen LogP contribution in [0, 0.1) is 0 Å². The zero-order chi connectivity index (χ0) is 11.8. The van der Waals surface area contributed by atoms with E-state index in [0.717, 1.165) is 30.9 Å². The van der Waals surface area contributed by atoms with Crippen LogP contribution in [-0.2, 0) is 13.0 Å². The number of thiophene rings is 1. The Labute approximate surface area is 110 Å². The van der Waals surface area contributed by atoms with Crippen LogP contribution in [0.15, 0.2) is 29.6 Å². The second kappa shape index (κ2) is 4.24. The predicted molar refractivity (Wildman–Crippen MR) is 74.9 cm³/mol. The fraction of sp³-hybridized carbons (Fsp3) is 0.231. The van der Waals surface area contributed by atoms with Crippen LogP contribution >= 0.6 is 22.9 Å². The second-order valence-corrected chi connectivity index (χ2v) is 5.68. The third-order valence-electron chi connectivity index (χ3n) is 3.14. The Balaban J connectivity index is 1.91. The van der Waals surface area contributed by atoms with Crippen LogP contribution in [0.5, 0.6) is 0 Å². The van der Waals surface area contributed by atoms with Gasteiger partial charge < -0.3 is 10.6 Å². The van der Waals surface area contributed by atoms with E-state index in [1.807, 2.05) is 29.5 Å². The molecular weight excluding hydrogens is 252 g/mol. The van der Waals surface area contributed by atoms with Gasteiger partial charge in [-0.25, -0.2) is 0 Å². The van der Waals surface area contributed by atoms with Crippen molar-refractivity contribution in [2.45, 2.75) is 13.0 Å². The topological polar surface area (TPSA) is 29.3 Å². The van der Waals surface area contributed by atoms with E-state index in [1.54, 1.807) is 0 Å². The Morgan fingerprint density at radius 3 is 3.00 bits per heavy atom. The number of nitrogen functional groups attached to an aromatic ring is 1. The lowest BCUT2D eigenvalue weighted by Gasteiger charge is -2.30. The molecule has 4 heteroatoms. The number of hydrogen-bond acceptors (Lipinski definition) is 3. The van der Waals surface area contributed by atoms with Crippen LogP contribution in [-0.4, -0.2) is 6.54 Å². The molecule has 0 unspecified atom stereocenters. The van der Waals surface area contributed by atoms with Crippen LogP contribution in [0.3, 0.4) is 0 Å². The Morgan fingerprint density at radius 2 is 2.18 bits per heavy atom. The third-order valence-corrected chi connectivity index (χ3v) is 4.40. The highest BCUT2D eigenvalue weighted by Gasteiger charge is 2.18. The Morgan fingerprint density at radius 1 is 1.29 bits per heavy atom. The minimum absolute atomic E-state index is 0.694. The van der Waals surface area contributed by atoms with Crippen molar-refractivity contribution >= 4 is 34.3 Å². The summed E-state index contributed by atoms with van der Waals surface area (Å²) in [5.74, 6) is 0. The molecule has 88 valence electrons. The van der Waals surface area contributed by atoms with Gasteiger partial charge in [0.05, 0.1) is 11.4 Å². The van der Waals surface area contributed by atoms with E-state index in [9.17, 15) is 0 Å². The Kier molecular flexibility index (Phi) is 2.73. The number of hydrogen-bond donors (Lipinski definition) is 1. The molecule has 0 amide bonds. The van der Waals surface area contributed by atoms with Gasteiger partial charge in [0, 0.05) is 23.0 Å². The molecule has 0 aliphatic carbocycles. The summed E-state index contributed by atoms with van der Waals surface area (Å²) < 4.78 is 0. The van der Waals surface area contributed by atoms with Crippen molar-refractivity contribution in [2.24, 2.45) is 0 Å². The average Bonchev–Trinajstić information content (AvgIpc) is 2.75. The van der Waals surface area contributed by atoms with Gasteiger partial charge in [-0.2, -0.15) is 0 Å². The molecule has 2 aromatic rings. The first-order chi connectivity index (χ1) is 8.24. The van der Waals surface area contributed by atoms with Gasteiger partial charge in [-0.15, -0.1) is 11.3 Å². The number of nitrogens with zero attached hydrogens (tertiary/aromatic N) is 1. The smallest absolute Gasteiger partial charge is 0.0604 e. The summed E-state index contributed by atoms with van der Waals surface area (Å²) in [7, 11) is 0. The summed E-state index contributed by atoms with van der Waals surface area (Å²) in [5.41, 5.74) is 9.30. The molecule has 2 nitrogen and oxygen atoms in total. The second-order valence-electron chi connectivity index (χ2n) is 4.24. The highest BCUT2D eigenvalue weighted by molar-refractivity contribution is 7.10. The molecule has 1 aliphatic rings. The van der Waals surface area contributed by atoms with Crippen molar-refractivity contribution in [1.82, 2.24) is 0 Å². The lowest BCUT2D eigenvalue weighted by Crippen LogP contribution is -2.29. The molecule has 2 N–H and O–H groups in total.